The summed E-state index contributed by atoms with van der Waals surface area (Å²) in [7, 11) is -1.64. The van der Waals surface area contributed by atoms with Crippen LogP contribution in [0.5, 0.6) is 0 Å². The summed E-state index contributed by atoms with van der Waals surface area (Å²) in [4.78, 5) is 14.6. The van der Waals surface area contributed by atoms with Gasteiger partial charge in [0.25, 0.3) is 0 Å². The number of carbonyl (C=O) groups is 1. The molecule has 148 valence electrons. The molecule has 2 heterocycles. The minimum atomic E-state index is -3.38. The quantitative estimate of drug-likeness (QED) is 0.726. The number of rotatable bonds is 7. The topological polar surface area (TPSA) is 70.8 Å². The lowest BCUT2D eigenvalue weighted by molar-refractivity contribution is -0.133. The fraction of sp³-hybridized carbons (Fsp3) is 0.550. The van der Waals surface area contributed by atoms with Crippen LogP contribution in [0.3, 0.4) is 0 Å². The molecule has 1 aliphatic heterocycles. The number of furan rings is 1. The van der Waals surface area contributed by atoms with E-state index in [1.54, 1.807) is 11.9 Å². The molecule has 1 amide bonds. The van der Waals surface area contributed by atoms with Gasteiger partial charge in [-0.15, -0.1) is 0 Å². The number of hydrogen-bond donors (Lipinski definition) is 0. The number of carbonyl (C=O) groups excluding carboxylic acids is 1. The fourth-order valence-electron chi connectivity index (χ4n) is 3.82. The van der Waals surface area contributed by atoms with E-state index in [2.05, 4.69) is 6.92 Å². The second kappa shape index (κ2) is 8.02. The zero-order valence-corrected chi connectivity index (χ0v) is 17.1. The van der Waals surface area contributed by atoms with Crippen LogP contribution in [0, 0.1) is 0 Å². The summed E-state index contributed by atoms with van der Waals surface area (Å²) in [5.74, 6) is 0.772. The summed E-state index contributed by atoms with van der Waals surface area (Å²) >= 11 is 0. The Hall–Kier alpha value is -1.86. The Morgan fingerprint density at radius 1 is 1.33 bits per heavy atom. The van der Waals surface area contributed by atoms with Gasteiger partial charge < -0.3 is 9.32 Å². The highest BCUT2D eigenvalue weighted by Crippen LogP contribution is 2.29. The lowest BCUT2D eigenvalue weighted by Gasteiger charge is -2.26. The predicted molar refractivity (Wildman–Crippen MR) is 106 cm³/mol. The lowest BCUT2D eigenvalue weighted by atomic mass is 10.1. The van der Waals surface area contributed by atoms with Crippen molar-refractivity contribution in [2.45, 2.75) is 51.6 Å². The van der Waals surface area contributed by atoms with E-state index in [1.807, 2.05) is 24.3 Å². The molecule has 0 saturated carbocycles. The van der Waals surface area contributed by atoms with Crippen LogP contribution < -0.4 is 0 Å². The van der Waals surface area contributed by atoms with Crippen molar-refractivity contribution < 1.29 is 17.6 Å². The molecule has 0 spiro atoms. The molecular weight excluding hydrogens is 364 g/mol. The fourth-order valence-corrected chi connectivity index (χ4v) is 4.93. The van der Waals surface area contributed by atoms with Crippen molar-refractivity contribution in [3.63, 3.8) is 0 Å². The third kappa shape index (κ3) is 4.19. The first-order valence-corrected chi connectivity index (χ1v) is 11.4. The van der Waals surface area contributed by atoms with Crippen LogP contribution >= 0.6 is 0 Å². The van der Waals surface area contributed by atoms with E-state index in [-0.39, 0.29) is 5.91 Å². The maximum atomic E-state index is 13.0. The monoisotopic (exact) mass is 392 g/mol. The van der Waals surface area contributed by atoms with Crippen LogP contribution in [0.4, 0.5) is 0 Å². The average molecular weight is 393 g/mol. The van der Waals surface area contributed by atoms with Gasteiger partial charge in [0, 0.05) is 37.5 Å². The molecular formula is C20H28N2O4S. The Labute approximate surface area is 161 Å². The lowest BCUT2D eigenvalue weighted by Crippen LogP contribution is -2.45. The summed E-state index contributed by atoms with van der Waals surface area (Å²) in [6, 6.07) is 7.27. The van der Waals surface area contributed by atoms with Gasteiger partial charge in [0.05, 0.1) is 6.26 Å². The highest BCUT2D eigenvalue weighted by molar-refractivity contribution is 7.88. The number of amides is 1. The number of likely N-dealkylation sites (N-methyl/N-ethyl adjacent to an activating group) is 1. The number of para-hydroxylation sites is 1. The summed E-state index contributed by atoms with van der Waals surface area (Å²) in [5, 5.41) is 1.02. The number of unbranched alkanes of at least 4 members (excludes halogenated alkanes) is 1. The first kappa shape index (κ1) is 19.9. The maximum Gasteiger partial charge on any atom is 0.241 e. The SMILES string of the molecule is CCCCc1oc2ccccc2c1CN(C)C(=O)C1CCCN1S(C)(=O)=O. The van der Waals surface area contributed by atoms with Crippen LogP contribution in [0.25, 0.3) is 11.0 Å². The molecule has 1 unspecified atom stereocenters. The zero-order valence-electron chi connectivity index (χ0n) is 16.3. The number of hydrogen-bond acceptors (Lipinski definition) is 4. The Kier molecular flexibility index (Phi) is 5.91. The molecule has 1 saturated heterocycles. The van der Waals surface area contributed by atoms with Crippen LogP contribution in [0.1, 0.15) is 43.9 Å². The Morgan fingerprint density at radius 2 is 2.07 bits per heavy atom. The van der Waals surface area contributed by atoms with Gasteiger partial charge in [-0.2, -0.15) is 4.31 Å². The van der Waals surface area contributed by atoms with Crippen molar-refractivity contribution in [1.82, 2.24) is 9.21 Å². The Bertz CT molecular complexity index is 919. The normalized spacial score (nSPS) is 18.3. The number of benzene rings is 1. The average Bonchev–Trinajstić information content (AvgIpc) is 3.24. The molecule has 6 nitrogen and oxygen atoms in total. The summed E-state index contributed by atoms with van der Waals surface area (Å²) in [6.07, 6.45) is 5.39. The largest absolute Gasteiger partial charge is 0.461 e. The van der Waals surface area contributed by atoms with Crippen molar-refractivity contribution in [2.75, 3.05) is 19.8 Å². The second-order valence-corrected chi connectivity index (χ2v) is 9.26. The van der Waals surface area contributed by atoms with Gasteiger partial charge in [-0.1, -0.05) is 31.5 Å². The molecule has 1 atom stereocenters. The van der Waals surface area contributed by atoms with E-state index < -0.39 is 16.1 Å². The number of aryl methyl sites for hydroxylation is 1. The molecule has 0 N–H and O–H groups in total. The summed E-state index contributed by atoms with van der Waals surface area (Å²) in [6.45, 7) is 2.97. The molecule has 0 radical (unpaired) electrons. The Morgan fingerprint density at radius 3 is 2.78 bits per heavy atom. The molecule has 27 heavy (non-hydrogen) atoms. The van der Waals surface area contributed by atoms with Crippen molar-refractivity contribution in [3.8, 4) is 0 Å². The molecule has 0 bridgehead atoms. The van der Waals surface area contributed by atoms with Crippen molar-refractivity contribution in [3.05, 3.63) is 35.6 Å². The molecule has 1 fully saturated rings. The number of nitrogens with zero attached hydrogens (tertiary/aromatic N) is 2. The maximum absolute atomic E-state index is 13.0. The van der Waals surface area contributed by atoms with E-state index >= 15 is 0 Å². The minimum absolute atomic E-state index is 0.148. The highest BCUT2D eigenvalue weighted by Gasteiger charge is 2.38. The van der Waals surface area contributed by atoms with Crippen LogP contribution in [0.2, 0.25) is 0 Å². The van der Waals surface area contributed by atoms with Crippen molar-refractivity contribution in [1.29, 1.82) is 0 Å². The summed E-state index contributed by atoms with van der Waals surface area (Å²) in [5.41, 5.74) is 1.86. The standard InChI is InChI=1S/C20H28N2O4S/c1-4-5-11-19-16(15-9-6-7-12-18(15)26-19)14-21(2)20(23)17-10-8-13-22(17)27(3,24)25/h6-7,9,12,17H,4-5,8,10-11,13-14H2,1-3H3. The predicted octanol–water partition coefficient (Wildman–Crippen LogP) is 3.16. The third-order valence-corrected chi connectivity index (χ3v) is 6.51. The first-order chi connectivity index (χ1) is 12.8. The zero-order chi connectivity index (χ0) is 19.6. The Balaban J connectivity index is 1.85. The van der Waals surface area contributed by atoms with Crippen LogP contribution in [-0.4, -0.2) is 49.4 Å². The van der Waals surface area contributed by atoms with E-state index in [9.17, 15) is 13.2 Å². The summed E-state index contributed by atoms with van der Waals surface area (Å²) < 4.78 is 31.3. The smallest absolute Gasteiger partial charge is 0.241 e. The van der Waals surface area contributed by atoms with Gasteiger partial charge >= 0.3 is 0 Å². The van der Waals surface area contributed by atoms with Gasteiger partial charge in [0.2, 0.25) is 15.9 Å². The molecule has 7 heteroatoms. The molecule has 1 aliphatic rings. The highest BCUT2D eigenvalue weighted by atomic mass is 32.2. The third-order valence-electron chi connectivity index (χ3n) is 5.23. The van der Waals surface area contributed by atoms with Crippen LogP contribution in [-0.2, 0) is 27.8 Å². The van der Waals surface area contributed by atoms with Gasteiger partial charge in [0.15, 0.2) is 0 Å². The van der Waals surface area contributed by atoms with E-state index in [0.29, 0.717) is 25.9 Å². The van der Waals surface area contributed by atoms with Gasteiger partial charge in [-0.25, -0.2) is 8.42 Å². The molecule has 1 aromatic heterocycles. The molecule has 1 aromatic carbocycles. The van der Waals surface area contributed by atoms with Crippen LogP contribution in [0.15, 0.2) is 28.7 Å². The molecule has 2 aromatic rings. The second-order valence-electron chi connectivity index (χ2n) is 7.33. The van der Waals surface area contributed by atoms with Gasteiger partial charge in [-0.3, -0.25) is 4.79 Å². The van der Waals surface area contributed by atoms with Gasteiger partial charge in [-0.05, 0) is 25.3 Å². The van der Waals surface area contributed by atoms with Gasteiger partial charge in [0.1, 0.15) is 17.4 Å². The number of fused-ring (bicyclic) bond motifs is 1. The van der Waals surface area contributed by atoms with Crippen molar-refractivity contribution >= 4 is 26.9 Å². The first-order valence-electron chi connectivity index (χ1n) is 9.54. The van der Waals surface area contributed by atoms with E-state index in [0.717, 1.165) is 41.6 Å². The van der Waals surface area contributed by atoms with Crippen molar-refractivity contribution in [2.24, 2.45) is 0 Å². The number of sulfonamides is 1. The minimum Gasteiger partial charge on any atom is -0.461 e. The van der Waals surface area contributed by atoms with E-state index in [1.165, 1.54) is 10.6 Å². The molecule has 3 rings (SSSR count). The molecule has 0 aliphatic carbocycles. The van der Waals surface area contributed by atoms with E-state index in [4.69, 9.17) is 4.42 Å².